The number of hydrogen-bond donors (Lipinski definition) is 1. The zero-order chi connectivity index (χ0) is 13.1. The molecule has 2 N–H and O–H groups in total. The summed E-state index contributed by atoms with van der Waals surface area (Å²) in [6.45, 7) is 6.68. The Morgan fingerprint density at radius 1 is 1.39 bits per heavy atom. The van der Waals surface area contributed by atoms with Gasteiger partial charge in [0.1, 0.15) is 0 Å². The number of carbonyl (C=O) groups excluding carboxylic acids is 1. The molecule has 0 aromatic carbocycles. The summed E-state index contributed by atoms with van der Waals surface area (Å²) in [5.41, 5.74) is 6.00. The highest BCUT2D eigenvalue weighted by molar-refractivity contribution is 5.80. The third kappa shape index (κ3) is 3.23. The fourth-order valence-corrected chi connectivity index (χ4v) is 2.92. The van der Waals surface area contributed by atoms with Gasteiger partial charge in [-0.15, -0.1) is 0 Å². The number of nitrogens with zero attached hydrogens (tertiary/aromatic N) is 1. The lowest BCUT2D eigenvalue weighted by Gasteiger charge is -2.23. The Labute approximate surface area is 110 Å². The molecule has 2 aliphatic rings. The van der Waals surface area contributed by atoms with Gasteiger partial charge < -0.3 is 15.4 Å². The highest BCUT2D eigenvalue weighted by Gasteiger charge is 2.36. The van der Waals surface area contributed by atoms with Crippen molar-refractivity contribution in [2.75, 3.05) is 19.7 Å². The molecule has 3 unspecified atom stereocenters. The van der Waals surface area contributed by atoms with Crippen LogP contribution in [0.2, 0.25) is 0 Å². The van der Waals surface area contributed by atoms with Crippen LogP contribution in [0.15, 0.2) is 0 Å². The van der Waals surface area contributed by atoms with Crippen LogP contribution in [0.25, 0.3) is 0 Å². The summed E-state index contributed by atoms with van der Waals surface area (Å²) in [4.78, 5) is 14.3. The van der Waals surface area contributed by atoms with Crippen LogP contribution in [0.3, 0.4) is 0 Å². The second-order valence-electron chi connectivity index (χ2n) is 6.12. The summed E-state index contributed by atoms with van der Waals surface area (Å²) in [6, 6.07) is 0.0770. The van der Waals surface area contributed by atoms with Crippen molar-refractivity contribution >= 4 is 5.91 Å². The van der Waals surface area contributed by atoms with Gasteiger partial charge in [-0.2, -0.15) is 0 Å². The molecule has 1 heterocycles. The van der Waals surface area contributed by atoms with Gasteiger partial charge in [0.25, 0.3) is 0 Å². The molecule has 1 saturated heterocycles. The molecular weight excluding hydrogens is 228 g/mol. The minimum absolute atomic E-state index is 0.0637. The normalized spacial score (nSPS) is 32.4. The van der Waals surface area contributed by atoms with Crippen molar-refractivity contribution in [1.82, 2.24) is 4.90 Å². The molecule has 1 amide bonds. The molecule has 0 aromatic heterocycles. The average molecular weight is 254 g/mol. The van der Waals surface area contributed by atoms with Crippen molar-refractivity contribution < 1.29 is 9.53 Å². The Morgan fingerprint density at radius 2 is 2.17 bits per heavy atom. The monoisotopic (exact) mass is 254 g/mol. The molecule has 1 saturated carbocycles. The first-order chi connectivity index (χ1) is 8.58. The molecule has 3 atom stereocenters. The molecule has 0 spiro atoms. The molecule has 1 aliphatic carbocycles. The fraction of sp³-hybridized carbons (Fsp3) is 0.929. The zero-order valence-electron chi connectivity index (χ0n) is 11.6. The third-order valence-electron chi connectivity index (χ3n) is 4.01. The van der Waals surface area contributed by atoms with Gasteiger partial charge in [-0.25, -0.2) is 0 Å². The summed E-state index contributed by atoms with van der Waals surface area (Å²) in [5, 5.41) is 0. The van der Waals surface area contributed by atoms with Crippen LogP contribution >= 0.6 is 0 Å². The lowest BCUT2D eigenvalue weighted by atomic mass is 10.0. The lowest BCUT2D eigenvalue weighted by Crippen LogP contribution is -2.41. The Bertz CT molecular complexity index is 294. The minimum Gasteiger partial charge on any atom is -0.376 e. The van der Waals surface area contributed by atoms with E-state index in [-0.39, 0.29) is 24.0 Å². The summed E-state index contributed by atoms with van der Waals surface area (Å²) < 4.78 is 5.81. The number of hydrogen-bond acceptors (Lipinski definition) is 3. The van der Waals surface area contributed by atoms with Crippen LogP contribution < -0.4 is 5.73 Å². The predicted molar refractivity (Wildman–Crippen MR) is 71.1 cm³/mol. The van der Waals surface area contributed by atoms with E-state index in [0.717, 1.165) is 45.4 Å². The summed E-state index contributed by atoms with van der Waals surface area (Å²) in [6.07, 6.45) is 4.26. The van der Waals surface area contributed by atoms with Crippen molar-refractivity contribution in [3.63, 3.8) is 0 Å². The van der Waals surface area contributed by atoms with E-state index in [1.54, 1.807) is 0 Å². The smallest absolute Gasteiger partial charge is 0.227 e. The highest BCUT2D eigenvalue weighted by atomic mass is 16.5. The van der Waals surface area contributed by atoms with Crippen molar-refractivity contribution in [3.8, 4) is 0 Å². The van der Waals surface area contributed by atoms with Gasteiger partial charge in [0.05, 0.1) is 12.0 Å². The van der Waals surface area contributed by atoms with Crippen LogP contribution in [-0.4, -0.2) is 42.6 Å². The maximum absolute atomic E-state index is 12.3. The fourth-order valence-electron chi connectivity index (χ4n) is 2.92. The van der Waals surface area contributed by atoms with Crippen molar-refractivity contribution in [1.29, 1.82) is 0 Å². The molecule has 1 aliphatic heterocycles. The van der Waals surface area contributed by atoms with E-state index >= 15 is 0 Å². The molecule has 104 valence electrons. The number of amides is 1. The summed E-state index contributed by atoms with van der Waals surface area (Å²) in [5.74, 6) is 0.877. The van der Waals surface area contributed by atoms with Crippen molar-refractivity contribution in [2.24, 2.45) is 17.6 Å². The third-order valence-corrected chi connectivity index (χ3v) is 4.01. The molecule has 0 radical (unpaired) electrons. The number of rotatable bonds is 4. The first kappa shape index (κ1) is 13.8. The first-order valence-corrected chi connectivity index (χ1v) is 7.24. The standard InChI is InChI=1S/C14H26N2O2/c1-10(2)9-18-11-6-7-16(8-11)14(17)12-4-3-5-13(12)15/h10-13H,3-9,15H2,1-2H3. The van der Waals surface area contributed by atoms with Gasteiger partial charge in [0.2, 0.25) is 5.91 Å². The molecule has 18 heavy (non-hydrogen) atoms. The van der Waals surface area contributed by atoms with Gasteiger partial charge in [-0.3, -0.25) is 4.79 Å². The zero-order valence-corrected chi connectivity index (χ0v) is 11.6. The Balaban J connectivity index is 1.79. The molecule has 2 fully saturated rings. The molecule has 2 rings (SSSR count). The molecule has 4 nitrogen and oxygen atoms in total. The van der Waals surface area contributed by atoms with E-state index in [0.29, 0.717) is 5.92 Å². The van der Waals surface area contributed by atoms with Gasteiger partial charge >= 0.3 is 0 Å². The average Bonchev–Trinajstić information content (AvgIpc) is 2.94. The molecule has 0 bridgehead atoms. The van der Waals surface area contributed by atoms with Crippen LogP contribution in [0.5, 0.6) is 0 Å². The molecular formula is C14H26N2O2. The maximum Gasteiger partial charge on any atom is 0.227 e. The van der Waals surface area contributed by atoms with E-state index in [1.165, 1.54) is 0 Å². The predicted octanol–water partition coefficient (Wildman–Crippen LogP) is 1.39. The number of nitrogens with two attached hydrogens (primary N) is 1. The maximum atomic E-state index is 12.3. The number of likely N-dealkylation sites (tertiary alicyclic amines) is 1. The van der Waals surface area contributed by atoms with E-state index in [9.17, 15) is 4.79 Å². The van der Waals surface area contributed by atoms with E-state index in [4.69, 9.17) is 10.5 Å². The van der Waals surface area contributed by atoms with Gasteiger partial charge in [-0.05, 0) is 25.2 Å². The number of carbonyl (C=O) groups is 1. The Morgan fingerprint density at radius 3 is 2.78 bits per heavy atom. The van der Waals surface area contributed by atoms with Crippen LogP contribution in [0.1, 0.15) is 39.5 Å². The Kier molecular flexibility index (Phi) is 4.62. The quantitative estimate of drug-likeness (QED) is 0.825. The molecule has 0 aromatic rings. The van der Waals surface area contributed by atoms with Gasteiger partial charge in [-0.1, -0.05) is 20.3 Å². The SMILES string of the molecule is CC(C)COC1CCN(C(=O)C2CCCC2N)C1. The lowest BCUT2D eigenvalue weighted by molar-refractivity contribution is -0.135. The first-order valence-electron chi connectivity index (χ1n) is 7.24. The van der Waals surface area contributed by atoms with E-state index in [1.807, 2.05) is 4.90 Å². The van der Waals surface area contributed by atoms with Gasteiger partial charge in [0.15, 0.2) is 0 Å². The van der Waals surface area contributed by atoms with Crippen molar-refractivity contribution in [3.05, 3.63) is 0 Å². The van der Waals surface area contributed by atoms with Crippen LogP contribution in [-0.2, 0) is 9.53 Å². The van der Waals surface area contributed by atoms with Gasteiger partial charge in [0, 0.05) is 25.7 Å². The van der Waals surface area contributed by atoms with Crippen LogP contribution in [0, 0.1) is 11.8 Å². The minimum atomic E-state index is 0.0637. The topological polar surface area (TPSA) is 55.6 Å². The largest absolute Gasteiger partial charge is 0.376 e. The van der Waals surface area contributed by atoms with E-state index < -0.39 is 0 Å². The van der Waals surface area contributed by atoms with Crippen molar-refractivity contribution in [2.45, 2.75) is 51.7 Å². The molecule has 4 heteroatoms. The van der Waals surface area contributed by atoms with Crippen LogP contribution in [0.4, 0.5) is 0 Å². The second kappa shape index (κ2) is 6.02. The number of ether oxygens (including phenoxy) is 1. The van der Waals surface area contributed by atoms with E-state index in [2.05, 4.69) is 13.8 Å². The second-order valence-corrected chi connectivity index (χ2v) is 6.12. The summed E-state index contributed by atoms with van der Waals surface area (Å²) >= 11 is 0. The highest BCUT2D eigenvalue weighted by Crippen LogP contribution is 2.27. The Hall–Kier alpha value is -0.610. The summed E-state index contributed by atoms with van der Waals surface area (Å²) in [7, 11) is 0.